The Kier molecular flexibility index (Phi) is 2.48. The second-order valence-corrected chi connectivity index (χ2v) is 4.35. The molecule has 0 saturated carbocycles. The van der Waals surface area contributed by atoms with Crippen LogP contribution in [0.1, 0.15) is 6.92 Å². The molecule has 2 atom stereocenters. The van der Waals surface area contributed by atoms with Crippen molar-refractivity contribution in [1.29, 1.82) is 0 Å². The highest BCUT2D eigenvalue weighted by Gasteiger charge is 2.23. The summed E-state index contributed by atoms with van der Waals surface area (Å²) in [6.45, 7) is 2.35. The van der Waals surface area contributed by atoms with Crippen molar-refractivity contribution in [3.8, 4) is 0 Å². The van der Waals surface area contributed by atoms with Gasteiger partial charge in [0.15, 0.2) is 0 Å². The predicted octanol–water partition coefficient (Wildman–Crippen LogP) is -1.17. The molecular formula is C5H12N2O3S. The lowest BCUT2D eigenvalue weighted by Gasteiger charge is -2.09. The minimum Gasteiger partial charge on any atom is -0.343 e. The molecule has 0 aromatic carbocycles. The van der Waals surface area contributed by atoms with Gasteiger partial charge in [0.1, 0.15) is 12.5 Å². The third-order valence-corrected chi connectivity index (χ3v) is 2.00. The zero-order chi connectivity index (χ0) is 8.48. The van der Waals surface area contributed by atoms with Crippen LogP contribution in [0.4, 0.5) is 0 Å². The largest absolute Gasteiger partial charge is 0.343 e. The molecule has 1 rings (SSSR count). The summed E-state index contributed by atoms with van der Waals surface area (Å²) >= 11 is 0. The molecule has 0 spiro atoms. The van der Waals surface area contributed by atoms with E-state index in [2.05, 4.69) is 10.0 Å². The summed E-state index contributed by atoms with van der Waals surface area (Å²) in [5.74, 6) is 0. The Morgan fingerprint density at radius 2 is 2.27 bits per heavy atom. The van der Waals surface area contributed by atoms with Gasteiger partial charge in [0, 0.05) is 6.54 Å². The average Bonchev–Trinajstić information content (AvgIpc) is 2.10. The van der Waals surface area contributed by atoms with Crippen LogP contribution < -0.4 is 10.0 Å². The number of hydrogen-bond donors (Lipinski definition) is 2. The zero-order valence-corrected chi connectivity index (χ0v) is 7.31. The van der Waals surface area contributed by atoms with E-state index >= 15 is 0 Å². The normalized spacial score (nSPS) is 32.5. The molecule has 0 bridgehead atoms. The van der Waals surface area contributed by atoms with Crippen LogP contribution in [0.15, 0.2) is 0 Å². The molecule has 1 aliphatic heterocycles. The lowest BCUT2D eigenvalue weighted by Crippen LogP contribution is -2.36. The lowest BCUT2D eigenvalue weighted by atomic mass is 10.6. The summed E-state index contributed by atoms with van der Waals surface area (Å²) in [4.78, 5) is 0. The summed E-state index contributed by atoms with van der Waals surface area (Å²) in [6, 6.07) is 0. The van der Waals surface area contributed by atoms with Crippen LogP contribution in [-0.4, -0.2) is 33.7 Å². The molecule has 1 aliphatic rings. The molecule has 0 aromatic rings. The van der Waals surface area contributed by atoms with Gasteiger partial charge in [0.2, 0.25) is 10.0 Å². The summed E-state index contributed by atoms with van der Waals surface area (Å²) in [7, 11) is -3.15. The van der Waals surface area contributed by atoms with Crippen molar-refractivity contribution in [3.05, 3.63) is 0 Å². The number of nitrogens with one attached hydrogen (secondary N) is 2. The van der Waals surface area contributed by atoms with E-state index in [-0.39, 0.29) is 6.23 Å². The van der Waals surface area contributed by atoms with Crippen LogP contribution in [0.2, 0.25) is 0 Å². The standard InChI is InChI=1S/C5H12N2O3S/c1-4-6-3-5(10-4)7-11(2,8)9/h4-7H,3H2,1-2H3/t4-,5?/m0/s1. The molecule has 0 radical (unpaired) electrons. The van der Waals surface area contributed by atoms with Crippen LogP contribution in [0, 0.1) is 0 Å². The van der Waals surface area contributed by atoms with E-state index < -0.39 is 16.3 Å². The Morgan fingerprint density at radius 3 is 2.64 bits per heavy atom. The lowest BCUT2D eigenvalue weighted by molar-refractivity contribution is 0.0477. The molecule has 66 valence electrons. The maximum absolute atomic E-state index is 10.7. The summed E-state index contributed by atoms with van der Waals surface area (Å²) < 4.78 is 28.8. The van der Waals surface area contributed by atoms with Crippen molar-refractivity contribution >= 4 is 10.0 Å². The molecule has 2 N–H and O–H groups in total. The smallest absolute Gasteiger partial charge is 0.210 e. The first-order chi connectivity index (χ1) is 4.97. The van der Waals surface area contributed by atoms with Gasteiger partial charge >= 0.3 is 0 Å². The monoisotopic (exact) mass is 180 g/mol. The number of ether oxygens (including phenoxy) is 1. The zero-order valence-electron chi connectivity index (χ0n) is 6.49. The number of hydrogen-bond acceptors (Lipinski definition) is 4. The Bertz CT molecular complexity index is 226. The molecule has 1 heterocycles. The predicted molar refractivity (Wildman–Crippen MR) is 40.3 cm³/mol. The van der Waals surface area contributed by atoms with Crippen molar-refractivity contribution in [2.24, 2.45) is 0 Å². The summed E-state index contributed by atoms with van der Waals surface area (Å²) in [5.41, 5.74) is 0. The fourth-order valence-electron chi connectivity index (χ4n) is 0.924. The molecule has 0 aliphatic carbocycles. The van der Waals surface area contributed by atoms with Gasteiger partial charge in [-0.15, -0.1) is 0 Å². The molecule has 11 heavy (non-hydrogen) atoms. The van der Waals surface area contributed by atoms with Crippen LogP contribution in [0.3, 0.4) is 0 Å². The number of rotatable bonds is 2. The maximum Gasteiger partial charge on any atom is 0.210 e. The fourth-order valence-corrected chi connectivity index (χ4v) is 1.54. The van der Waals surface area contributed by atoms with Crippen LogP contribution in [-0.2, 0) is 14.8 Å². The van der Waals surface area contributed by atoms with Gasteiger partial charge in [-0.3, -0.25) is 5.32 Å². The van der Waals surface area contributed by atoms with Gasteiger partial charge in [0.05, 0.1) is 6.26 Å². The second kappa shape index (κ2) is 3.06. The van der Waals surface area contributed by atoms with E-state index in [0.29, 0.717) is 6.54 Å². The van der Waals surface area contributed by atoms with E-state index in [0.717, 1.165) is 6.26 Å². The Labute approximate surface area is 66.2 Å². The Hall–Kier alpha value is -0.170. The van der Waals surface area contributed by atoms with Gasteiger partial charge in [-0.05, 0) is 6.92 Å². The molecule has 1 fully saturated rings. The van der Waals surface area contributed by atoms with Crippen molar-refractivity contribution in [3.63, 3.8) is 0 Å². The first kappa shape index (κ1) is 8.92. The molecule has 0 aromatic heterocycles. The van der Waals surface area contributed by atoms with Gasteiger partial charge in [-0.25, -0.2) is 8.42 Å². The molecular weight excluding hydrogens is 168 g/mol. The Balaban J connectivity index is 2.41. The van der Waals surface area contributed by atoms with Crippen LogP contribution >= 0.6 is 0 Å². The van der Waals surface area contributed by atoms with Gasteiger partial charge in [0.25, 0.3) is 0 Å². The first-order valence-corrected chi connectivity index (χ1v) is 5.23. The van der Waals surface area contributed by atoms with Crippen molar-refractivity contribution in [1.82, 2.24) is 10.0 Å². The van der Waals surface area contributed by atoms with Crippen molar-refractivity contribution in [2.75, 3.05) is 12.8 Å². The summed E-state index contributed by atoms with van der Waals surface area (Å²) in [6.07, 6.45) is 0.619. The fraction of sp³-hybridized carbons (Fsp3) is 1.00. The van der Waals surface area contributed by atoms with Gasteiger partial charge in [-0.2, -0.15) is 4.72 Å². The third-order valence-electron chi connectivity index (χ3n) is 1.30. The minimum absolute atomic E-state index is 0.0748. The van der Waals surface area contributed by atoms with Crippen LogP contribution in [0.25, 0.3) is 0 Å². The highest BCUT2D eigenvalue weighted by Crippen LogP contribution is 2.01. The molecule has 5 nitrogen and oxygen atoms in total. The highest BCUT2D eigenvalue weighted by atomic mass is 32.2. The number of sulfonamides is 1. The molecule has 0 amide bonds. The van der Waals surface area contributed by atoms with Gasteiger partial charge < -0.3 is 4.74 Å². The highest BCUT2D eigenvalue weighted by molar-refractivity contribution is 7.88. The van der Waals surface area contributed by atoms with Crippen LogP contribution in [0.5, 0.6) is 0 Å². The topological polar surface area (TPSA) is 67.4 Å². The Morgan fingerprint density at radius 1 is 1.64 bits per heavy atom. The molecule has 6 heteroatoms. The van der Waals surface area contributed by atoms with E-state index in [4.69, 9.17) is 4.74 Å². The maximum atomic E-state index is 10.7. The summed E-state index contributed by atoms with van der Waals surface area (Å²) in [5, 5.41) is 2.94. The van der Waals surface area contributed by atoms with E-state index in [1.54, 1.807) is 0 Å². The second-order valence-electron chi connectivity index (χ2n) is 2.57. The SMILES string of the molecule is C[C@H]1NCC(NS(C)(=O)=O)O1. The molecule has 1 saturated heterocycles. The van der Waals surface area contributed by atoms with Crippen molar-refractivity contribution < 1.29 is 13.2 Å². The van der Waals surface area contributed by atoms with Crippen molar-refractivity contribution in [2.45, 2.75) is 19.4 Å². The third kappa shape index (κ3) is 3.15. The van der Waals surface area contributed by atoms with E-state index in [9.17, 15) is 8.42 Å². The van der Waals surface area contributed by atoms with Gasteiger partial charge in [-0.1, -0.05) is 0 Å². The van der Waals surface area contributed by atoms with E-state index in [1.165, 1.54) is 0 Å². The van der Waals surface area contributed by atoms with E-state index in [1.807, 2.05) is 6.92 Å². The quantitative estimate of drug-likeness (QED) is 0.562. The minimum atomic E-state index is -3.15. The first-order valence-electron chi connectivity index (χ1n) is 3.33. The average molecular weight is 180 g/mol. The molecule has 1 unspecified atom stereocenters.